The third kappa shape index (κ3) is 37.8. The van der Waals surface area contributed by atoms with Gasteiger partial charge in [-0.1, -0.05) is 181 Å². The van der Waals surface area contributed by atoms with Crippen molar-refractivity contribution in [3.63, 3.8) is 0 Å². The molecule has 1 unspecified atom stereocenters. The van der Waals surface area contributed by atoms with Crippen molar-refractivity contribution in [3.05, 3.63) is 0 Å². The highest BCUT2D eigenvalue weighted by molar-refractivity contribution is 7.99. The summed E-state index contributed by atoms with van der Waals surface area (Å²) in [7, 11) is 0. The van der Waals surface area contributed by atoms with E-state index >= 15 is 0 Å². The van der Waals surface area contributed by atoms with Gasteiger partial charge in [-0.05, 0) is 12.8 Å². The van der Waals surface area contributed by atoms with Gasteiger partial charge in [0, 0.05) is 24.7 Å². The summed E-state index contributed by atoms with van der Waals surface area (Å²) in [6.07, 6.45) is 38.6. The van der Waals surface area contributed by atoms with Gasteiger partial charge >= 0.3 is 5.97 Å². The van der Waals surface area contributed by atoms with Gasteiger partial charge in [0.2, 0.25) is 0 Å². The van der Waals surface area contributed by atoms with Crippen LogP contribution in [-0.4, -0.2) is 48.5 Å². The van der Waals surface area contributed by atoms with Gasteiger partial charge in [-0.2, -0.15) is 11.8 Å². The van der Waals surface area contributed by atoms with Crippen molar-refractivity contribution in [2.24, 2.45) is 0 Å². The number of carboxylic acids is 1. The van der Waals surface area contributed by atoms with Gasteiger partial charge in [0.15, 0.2) is 0 Å². The second-order valence-corrected chi connectivity index (χ2v) is 14.1. The molecule has 0 fully saturated rings. The number of hydrogen-bond acceptors (Lipinski definition) is 4. The van der Waals surface area contributed by atoms with E-state index in [1.54, 1.807) is 11.8 Å². The van der Waals surface area contributed by atoms with Crippen LogP contribution in [0.3, 0.4) is 0 Å². The largest absolute Gasteiger partial charge is 0.481 e. The van der Waals surface area contributed by atoms with Gasteiger partial charge in [-0.3, -0.25) is 4.79 Å². The molecule has 0 radical (unpaired) electrons. The Hall–Kier alpha value is -0.260. The number of carboxylic acid groups (broad SMARTS) is 1. The minimum absolute atomic E-state index is 0.0763. The fourth-order valence-electron chi connectivity index (χ4n) is 5.68. The molecule has 0 aliphatic carbocycles. The third-order valence-electron chi connectivity index (χ3n) is 8.56. The number of ether oxygens (including phenoxy) is 2. The van der Waals surface area contributed by atoms with E-state index < -0.39 is 5.97 Å². The molecule has 43 heavy (non-hydrogen) atoms. The van der Waals surface area contributed by atoms with Crippen LogP contribution in [0.2, 0.25) is 0 Å². The first-order chi connectivity index (χ1) is 21.2. The maximum absolute atomic E-state index is 10.8. The van der Waals surface area contributed by atoms with Crippen molar-refractivity contribution in [3.8, 4) is 0 Å². The number of aliphatic carboxylic acids is 1. The smallest absolute Gasteiger partial charge is 0.304 e. The summed E-state index contributed by atoms with van der Waals surface area (Å²) >= 11 is 1.68. The summed E-state index contributed by atoms with van der Waals surface area (Å²) in [4.78, 5) is 10.8. The molecule has 258 valence electrons. The van der Waals surface area contributed by atoms with E-state index in [0.29, 0.717) is 12.4 Å². The van der Waals surface area contributed by atoms with Crippen LogP contribution >= 0.6 is 11.8 Å². The molecule has 4 nitrogen and oxygen atoms in total. The first-order valence-electron chi connectivity index (χ1n) is 19.2. The molecule has 0 aliphatic heterocycles. The average molecular weight is 629 g/mol. The third-order valence-corrected chi connectivity index (χ3v) is 9.66. The summed E-state index contributed by atoms with van der Waals surface area (Å²) in [5.74, 6) is 0.749. The highest BCUT2D eigenvalue weighted by Gasteiger charge is 2.11. The predicted octanol–water partition coefficient (Wildman–Crippen LogP) is 12.6. The van der Waals surface area contributed by atoms with Crippen LogP contribution in [0.15, 0.2) is 0 Å². The fraction of sp³-hybridized carbons (Fsp3) is 0.974. The van der Waals surface area contributed by atoms with E-state index in [1.807, 2.05) is 0 Å². The van der Waals surface area contributed by atoms with E-state index in [9.17, 15) is 4.79 Å². The van der Waals surface area contributed by atoms with Gasteiger partial charge in [-0.25, -0.2) is 0 Å². The van der Waals surface area contributed by atoms with E-state index in [-0.39, 0.29) is 12.5 Å². The molecule has 0 aromatic rings. The molecule has 0 aromatic heterocycles. The molecule has 0 heterocycles. The summed E-state index contributed by atoms with van der Waals surface area (Å²) < 4.78 is 12.2. The topological polar surface area (TPSA) is 55.8 Å². The van der Waals surface area contributed by atoms with Crippen molar-refractivity contribution in [2.75, 3.05) is 31.3 Å². The fourth-order valence-corrected chi connectivity index (χ4v) is 6.62. The van der Waals surface area contributed by atoms with Gasteiger partial charge in [0.05, 0.1) is 19.1 Å². The first kappa shape index (κ1) is 42.7. The zero-order chi connectivity index (χ0) is 31.3. The second kappa shape index (κ2) is 37.9. The SMILES string of the molecule is CCCCCCCCCCCCCCCCOCC(CSCCC(=O)O)OCCCCCCCCCCCCCCCC. The maximum Gasteiger partial charge on any atom is 0.304 e. The Kier molecular flexibility index (Phi) is 37.7. The minimum atomic E-state index is -0.721. The Morgan fingerprint density at radius 3 is 1.26 bits per heavy atom. The van der Waals surface area contributed by atoms with Gasteiger partial charge in [-0.15, -0.1) is 0 Å². The molecule has 0 saturated carbocycles. The highest BCUT2D eigenvalue weighted by atomic mass is 32.2. The van der Waals surface area contributed by atoms with Crippen LogP contribution in [0.1, 0.15) is 200 Å². The van der Waals surface area contributed by atoms with Crippen LogP contribution in [0.5, 0.6) is 0 Å². The monoisotopic (exact) mass is 629 g/mol. The van der Waals surface area contributed by atoms with Crippen LogP contribution < -0.4 is 0 Å². The van der Waals surface area contributed by atoms with E-state index in [1.165, 1.54) is 167 Å². The molecule has 0 spiro atoms. The Bertz CT molecular complexity index is 530. The van der Waals surface area contributed by atoms with E-state index in [2.05, 4.69) is 13.8 Å². The molecule has 0 aromatic carbocycles. The number of hydrogen-bond donors (Lipinski definition) is 1. The normalized spacial score (nSPS) is 12.2. The highest BCUT2D eigenvalue weighted by Crippen LogP contribution is 2.15. The molecule has 0 bridgehead atoms. The van der Waals surface area contributed by atoms with Crippen LogP contribution in [0, 0.1) is 0 Å². The Balaban J connectivity index is 3.68. The Morgan fingerprint density at radius 1 is 0.535 bits per heavy atom. The summed E-state index contributed by atoms with van der Waals surface area (Å²) in [5, 5.41) is 8.92. The van der Waals surface area contributed by atoms with Crippen LogP contribution in [0.25, 0.3) is 0 Å². The number of thioether (sulfide) groups is 1. The lowest BCUT2D eigenvalue weighted by Crippen LogP contribution is -2.24. The maximum atomic E-state index is 10.8. The molecule has 5 heteroatoms. The summed E-state index contributed by atoms with van der Waals surface area (Å²) in [6.45, 7) is 6.82. The number of rotatable bonds is 38. The molecule has 0 amide bonds. The zero-order valence-electron chi connectivity index (χ0n) is 29.2. The van der Waals surface area contributed by atoms with Crippen molar-refractivity contribution in [1.82, 2.24) is 0 Å². The first-order valence-corrected chi connectivity index (χ1v) is 20.3. The quantitative estimate of drug-likeness (QED) is 0.0689. The molecule has 1 atom stereocenters. The lowest BCUT2D eigenvalue weighted by Gasteiger charge is -2.18. The number of carbonyl (C=O) groups is 1. The lowest BCUT2D eigenvalue weighted by atomic mass is 10.0. The summed E-state index contributed by atoms with van der Waals surface area (Å²) in [6, 6.07) is 0. The van der Waals surface area contributed by atoms with E-state index in [4.69, 9.17) is 14.6 Å². The van der Waals surface area contributed by atoms with E-state index in [0.717, 1.165) is 31.8 Å². The van der Waals surface area contributed by atoms with Crippen LogP contribution in [0.4, 0.5) is 0 Å². The molecule has 0 saturated heterocycles. The van der Waals surface area contributed by atoms with Crippen molar-refractivity contribution < 1.29 is 19.4 Å². The zero-order valence-corrected chi connectivity index (χ0v) is 30.0. The molecular formula is C38H76O4S. The predicted molar refractivity (Wildman–Crippen MR) is 191 cm³/mol. The minimum Gasteiger partial charge on any atom is -0.481 e. The van der Waals surface area contributed by atoms with Crippen molar-refractivity contribution in [2.45, 2.75) is 206 Å². The summed E-state index contributed by atoms with van der Waals surface area (Å²) in [5.41, 5.74) is 0. The average Bonchev–Trinajstić information content (AvgIpc) is 3.00. The lowest BCUT2D eigenvalue weighted by molar-refractivity contribution is -0.136. The van der Waals surface area contributed by atoms with Gasteiger partial charge in [0.25, 0.3) is 0 Å². The van der Waals surface area contributed by atoms with Gasteiger partial charge in [0.1, 0.15) is 0 Å². The molecule has 1 N–H and O–H groups in total. The van der Waals surface area contributed by atoms with Crippen LogP contribution in [-0.2, 0) is 14.3 Å². The Morgan fingerprint density at radius 2 is 0.884 bits per heavy atom. The standard InChI is InChI=1S/C38H76O4S/c1-3-5-7-9-11-13-15-17-19-21-23-25-27-29-32-41-35-37(36-43-34-31-38(39)40)42-33-30-28-26-24-22-20-18-16-14-12-10-8-6-4-2/h37H,3-36H2,1-2H3,(H,39,40). The van der Waals surface area contributed by atoms with Gasteiger partial charge < -0.3 is 14.6 Å². The second-order valence-electron chi connectivity index (χ2n) is 13.0. The van der Waals surface area contributed by atoms with Crippen molar-refractivity contribution >= 4 is 17.7 Å². The molecule has 0 rings (SSSR count). The molecular weight excluding hydrogens is 552 g/mol. The Labute approximate surface area is 274 Å². The number of unbranched alkanes of at least 4 members (excludes halogenated alkanes) is 26. The molecule has 0 aliphatic rings. The van der Waals surface area contributed by atoms with Crippen molar-refractivity contribution in [1.29, 1.82) is 0 Å².